The molecule has 8 nitrogen and oxygen atoms in total. The highest BCUT2D eigenvalue weighted by Gasteiger charge is 2.59. The highest BCUT2D eigenvalue weighted by atomic mass is 16.7. The lowest BCUT2D eigenvalue weighted by Crippen LogP contribution is -2.62. The fourth-order valence-electron chi connectivity index (χ4n) is 7.61. The van der Waals surface area contributed by atoms with Gasteiger partial charge in [0.2, 0.25) is 0 Å². The van der Waals surface area contributed by atoms with E-state index in [2.05, 4.69) is 34.6 Å². The number of hydrogen-bond acceptors (Lipinski definition) is 8. The average molecular weight is 525 g/mol. The van der Waals surface area contributed by atoms with Crippen LogP contribution in [0.1, 0.15) is 93.4 Å². The SMILES string of the molecule is CC(=O)OC/C=C(\C)CC[C@H]1[C@]2(C)CCCC(C)(C)[C@H]2CC[C@]1(C)O[C@H]1OC[C@H](OC(C)=O)[C@@H](O)[C@@H]1O. The zero-order valence-electron chi connectivity index (χ0n) is 23.7. The van der Waals surface area contributed by atoms with Crippen molar-refractivity contribution in [3.63, 3.8) is 0 Å². The molecule has 0 aromatic rings. The quantitative estimate of drug-likeness (QED) is 0.275. The van der Waals surface area contributed by atoms with Crippen molar-refractivity contribution in [3.05, 3.63) is 11.6 Å². The lowest BCUT2D eigenvalue weighted by Gasteiger charge is -2.63. The molecule has 1 aliphatic heterocycles. The molecule has 3 aliphatic rings. The molecule has 3 rings (SSSR count). The molecule has 37 heavy (non-hydrogen) atoms. The lowest BCUT2D eigenvalue weighted by atomic mass is 9.45. The maximum atomic E-state index is 11.4. The average Bonchev–Trinajstić information content (AvgIpc) is 2.77. The molecule has 0 amide bonds. The maximum absolute atomic E-state index is 11.4. The summed E-state index contributed by atoms with van der Waals surface area (Å²) >= 11 is 0. The largest absolute Gasteiger partial charge is 0.462 e. The summed E-state index contributed by atoms with van der Waals surface area (Å²) < 4.78 is 22.7. The first kappa shape index (κ1) is 30.1. The fraction of sp³-hybridized carbons (Fsp3) is 0.862. The van der Waals surface area contributed by atoms with E-state index in [0.717, 1.165) is 37.7 Å². The Morgan fingerprint density at radius 1 is 1.00 bits per heavy atom. The van der Waals surface area contributed by atoms with E-state index in [9.17, 15) is 19.8 Å². The molecule has 2 aliphatic carbocycles. The van der Waals surface area contributed by atoms with Gasteiger partial charge in [-0.2, -0.15) is 0 Å². The summed E-state index contributed by atoms with van der Waals surface area (Å²) in [6.45, 7) is 14.3. The predicted octanol–water partition coefficient (Wildman–Crippen LogP) is 4.30. The monoisotopic (exact) mass is 524 g/mol. The van der Waals surface area contributed by atoms with Crippen molar-refractivity contribution < 1.29 is 38.7 Å². The molecule has 0 unspecified atom stereocenters. The Morgan fingerprint density at radius 2 is 1.70 bits per heavy atom. The third-order valence-corrected chi connectivity index (χ3v) is 9.42. The Balaban J connectivity index is 1.82. The number of esters is 2. The van der Waals surface area contributed by atoms with Crippen molar-refractivity contribution in [1.29, 1.82) is 0 Å². The highest BCUT2D eigenvalue weighted by molar-refractivity contribution is 5.66. The predicted molar refractivity (Wildman–Crippen MR) is 138 cm³/mol. The van der Waals surface area contributed by atoms with E-state index in [1.165, 1.54) is 26.7 Å². The van der Waals surface area contributed by atoms with E-state index in [-0.39, 0.29) is 35.9 Å². The molecule has 0 radical (unpaired) electrons. The summed E-state index contributed by atoms with van der Waals surface area (Å²) in [6, 6.07) is 0. The van der Waals surface area contributed by atoms with Crippen LogP contribution in [-0.2, 0) is 28.5 Å². The van der Waals surface area contributed by atoms with Crippen molar-refractivity contribution in [2.75, 3.05) is 13.2 Å². The summed E-state index contributed by atoms with van der Waals surface area (Å²) in [5.74, 6) is -0.0813. The number of carbonyl (C=O) groups excluding carboxylic acids is 2. The second kappa shape index (κ2) is 11.7. The summed E-state index contributed by atoms with van der Waals surface area (Å²) in [5, 5.41) is 21.5. The van der Waals surface area contributed by atoms with Gasteiger partial charge in [-0.25, -0.2) is 0 Å². The van der Waals surface area contributed by atoms with Gasteiger partial charge in [0.25, 0.3) is 0 Å². The Labute approximate surface area is 222 Å². The number of carbonyl (C=O) groups is 2. The van der Waals surface area contributed by atoms with Crippen LogP contribution in [0.5, 0.6) is 0 Å². The van der Waals surface area contributed by atoms with Crippen molar-refractivity contribution in [2.24, 2.45) is 22.7 Å². The number of ether oxygens (including phenoxy) is 4. The van der Waals surface area contributed by atoms with Crippen LogP contribution >= 0.6 is 0 Å². The Bertz CT molecular complexity index is 853. The van der Waals surface area contributed by atoms with Gasteiger partial charge in [-0.3, -0.25) is 9.59 Å². The van der Waals surface area contributed by atoms with Crippen molar-refractivity contribution in [2.45, 2.75) is 124 Å². The minimum atomic E-state index is -1.32. The maximum Gasteiger partial charge on any atom is 0.303 e. The van der Waals surface area contributed by atoms with Gasteiger partial charge in [0, 0.05) is 13.8 Å². The standard InChI is InChI=1S/C29H48O8/c1-18(12-16-34-19(2)30)9-10-23-28(6)14-8-13-27(4,5)22(28)11-15-29(23,7)37-26-25(33)24(32)21(17-35-26)36-20(3)31/h12,21-26,32-33H,8-11,13-17H2,1-7H3/b18-12+/t21-,22+,23-,24+,25-,26+,28+,29-/m0/s1. The van der Waals surface area contributed by atoms with Crippen molar-refractivity contribution >= 4 is 11.9 Å². The van der Waals surface area contributed by atoms with Crippen LogP contribution in [0, 0.1) is 22.7 Å². The van der Waals surface area contributed by atoms with Gasteiger partial charge in [-0.1, -0.05) is 32.8 Å². The van der Waals surface area contributed by atoms with Crippen molar-refractivity contribution in [3.8, 4) is 0 Å². The van der Waals surface area contributed by atoms with Crippen LogP contribution in [0.4, 0.5) is 0 Å². The van der Waals surface area contributed by atoms with Crippen LogP contribution < -0.4 is 0 Å². The van der Waals surface area contributed by atoms with Gasteiger partial charge in [-0.15, -0.1) is 0 Å². The molecule has 0 bridgehead atoms. The summed E-state index contributed by atoms with van der Waals surface area (Å²) in [5.41, 5.74) is 0.872. The van der Waals surface area contributed by atoms with Crippen LogP contribution in [-0.4, -0.2) is 65.6 Å². The van der Waals surface area contributed by atoms with E-state index in [1.54, 1.807) is 0 Å². The molecule has 212 valence electrons. The number of aliphatic hydroxyl groups excluding tert-OH is 2. The first-order valence-electron chi connectivity index (χ1n) is 13.8. The summed E-state index contributed by atoms with van der Waals surface area (Å²) in [4.78, 5) is 22.5. The van der Waals surface area contributed by atoms with E-state index in [0.29, 0.717) is 5.92 Å². The Morgan fingerprint density at radius 3 is 2.35 bits per heavy atom. The second-order valence-electron chi connectivity index (χ2n) is 12.6. The van der Waals surface area contributed by atoms with Crippen LogP contribution in [0.2, 0.25) is 0 Å². The topological polar surface area (TPSA) is 112 Å². The minimum Gasteiger partial charge on any atom is -0.462 e. The third kappa shape index (κ3) is 6.75. The molecule has 0 aromatic carbocycles. The van der Waals surface area contributed by atoms with E-state index >= 15 is 0 Å². The normalized spacial score (nSPS) is 40.0. The number of aliphatic hydroxyl groups is 2. The molecule has 8 atom stereocenters. The molecule has 2 N–H and O–H groups in total. The minimum absolute atomic E-state index is 0.0336. The third-order valence-electron chi connectivity index (χ3n) is 9.42. The van der Waals surface area contributed by atoms with E-state index in [4.69, 9.17) is 18.9 Å². The first-order valence-corrected chi connectivity index (χ1v) is 13.8. The molecular weight excluding hydrogens is 476 g/mol. The smallest absolute Gasteiger partial charge is 0.303 e. The highest BCUT2D eigenvalue weighted by Crippen LogP contribution is 2.64. The number of allylic oxidation sites excluding steroid dienone is 1. The summed E-state index contributed by atoms with van der Waals surface area (Å²) in [7, 11) is 0. The zero-order chi connectivity index (χ0) is 27.6. The molecule has 3 fully saturated rings. The molecule has 8 heteroatoms. The van der Waals surface area contributed by atoms with Gasteiger partial charge >= 0.3 is 11.9 Å². The van der Waals surface area contributed by atoms with Crippen LogP contribution in [0.15, 0.2) is 11.6 Å². The van der Waals surface area contributed by atoms with Crippen LogP contribution in [0.3, 0.4) is 0 Å². The molecule has 2 saturated carbocycles. The Kier molecular flexibility index (Phi) is 9.53. The van der Waals surface area contributed by atoms with Gasteiger partial charge < -0.3 is 29.2 Å². The van der Waals surface area contributed by atoms with E-state index in [1.807, 2.05) is 6.08 Å². The first-order chi connectivity index (χ1) is 17.2. The molecule has 1 saturated heterocycles. The summed E-state index contributed by atoms with van der Waals surface area (Å²) in [6.07, 6.45) is 4.52. The number of fused-ring (bicyclic) bond motifs is 1. The lowest BCUT2D eigenvalue weighted by molar-refractivity contribution is -0.324. The van der Waals surface area contributed by atoms with Gasteiger partial charge in [0.05, 0.1) is 12.2 Å². The van der Waals surface area contributed by atoms with Crippen LogP contribution in [0.25, 0.3) is 0 Å². The molecule has 0 spiro atoms. The van der Waals surface area contributed by atoms with Gasteiger partial charge in [0.1, 0.15) is 18.8 Å². The Hall–Kier alpha value is -1.48. The number of rotatable bonds is 8. The van der Waals surface area contributed by atoms with Crippen molar-refractivity contribution in [1.82, 2.24) is 0 Å². The number of hydrogen-bond donors (Lipinski definition) is 2. The zero-order valence-corrected chi connectivity index (χ0v) is 23.7. The second-order valence-corrected chi connectivity index (χ2v) is 12.6. The molecule has 1 heterocycles. The van der Waals surface area contributed by atoms with E-state index < -0.39 is 36.2 Å². The van der Waals surface area contributed by atoms with Gasteiger partial charge in [0.15, 0.2) is 12.4 Å². The molecular formula is C29H48O8. The van der Waals surface area contributed by atoms with Gasteiger partial charge in [-0.05, 0) is 81.1 Å². The molecule has 0 aromatic heterocycles. The fourth-order valence-corrected chi connectivity index (χ4v) is 7.61.